The van der Waals surface area contributed by atoms with Gasteiger partial charge in [-0.2, -0.15) is 0 Å². The Kier molecular flexibility index (Phi) is 4.47. The van der Waals surface area contributed by atoms with Gasteiger partial charge >= 0.3 is 0 Å². The second-order valence-corrected chi connectivity index (χ2v) is 8.12. The lowest BCUT2D eigenvalue weighted by Gasteiger charge is -2.36. The molecule has 0 aliphatic carbocycles. The number of carbonyl (C=O) groups excluding carboxylic acids is 2. The molecule has 2 heterocycles. The number of ether oxygens (including phenoxy) is 2. The van der Waals surface area contributed by atoms with Gasteiger partial charge in [-0.3, -0.25) is 9.59 Å². The van der Waals surface area contributed by atoms with Crippen LogP contribution >= 0.6 is 11.8 Å². The molecule has 0 bridgehead atoms. The van der Waals surface area contributed by atoms with E-state index in [1.807, 2.05) is 42.5 Å². The molecule has 140 valence electrons. The molecule has 0 fully saturated rings. The molecule has 0 aromatic heterocycles. The van der Waals surface area contributed by atoms with Gasteiger partial charge in [0.1, 0.15) is 0 Å². The number of fused-ring (bicyclic) bond motifs is 2. The van der Waals surface area contributed by atoms with Crippen LogP contribution in [0.15, 0.2) is 47.4 Å². The Bertz CT molecular complexity index is 917. The molecule has 0 saturated heterocycles. The second-order valence-electron chi connectivity index (χ2n) is 6.66. The fraction of sp³-hybridized carbons (Fsp3) is 0.300. The number of amides is 2. The predicted octanol–water partition coefficient (Wildman–Crippen LogP) is 2.60. The standard InChI is InChI=1S/C20H20N2O4S/c1-20(19(24)22(2)14-5-3-4-6-17(14)27-20)18(23)21-10-9-13-7-8-15-16(11-13)26-12-25-15/h3-8,11H,9-10,12H2,1-2H3,(H,21,23). The van der Waals surface area contributed by atoms with Crippen molar-refractivity contribution >= 4 is 29.3 Å². The van der Waals surface area contributed by atoms with Gasteiger partial charge in [-0.1, -0.05) is 30.0 Å². The molecule has 0 radical (unpaired) electrons. The summed E-state index contributed by atoms with van der Waals surface area (Å²) in [6, 6.07) is 13.4. The molecule has 0 spiro atoms. The van der Waals surface area contributed by atoms with Gasteiger partial charge in [-0.25, -0.2) is 0 Å². The van der Waals surface area contributed by atoms with Crippen molar-refractivity contribution in [3.05, 3.63) is 48.0 Å². The number of para-hydroxylation sites is 1. The van der Waals surface area contributed by atoms with Gasteiger partial charge in [-0.05, 0) is 43.2 Å². The Balaban J connectivity index is 1.42. The van der Waals surface area contributed by atoms with Gasteiger partial charge in [0.25, 0.3) is 5.91 Å². The minimum Gasteiger partial charge on any atom is -0.454 e. The first kappa shape index (κ1) is 17.7. The topological polar surface area (TPSA) is 67.9 Å². The molecule has 1 N–H and O–H groups in total. The van der Waals surface area contributed by atoms with Crippen molar-refractivity contribution < 1.29 is 19.1 Å². The normalized spacial score (nSPS) is 20.4. The monoisotopic (exact) mass is 384 g/mol. The number of nitrogens with zero attached hydrogens (tertiary/aromatic N) is 1. The van der Waals surface area contributed by atoms with Crippen LogP contribution in [0, 0.1) is 0 Å². The van der Waals surface area contributed by atoms with Crippen molar-refractivity contribution in [3.63, 3.8) is 0 Å². The Morgan fingerprint density at radius 3 is 2.85 bits per heavy atom. The zero-order valence-electron chi connectivity index (χ0n) is 15.2. The quantitative estimate of drug-likeness (QED) is 0.821. The molecule has 2 aliphatic rings. The van der Waals surface area contributed by atoms with Gasteiger partial charge < -0.3 is 19.7 Å². The van der Waals surface area contributed by atoms with Crippen molar-refractivity contribution in [3.8, 4) is 11.5 Å². The van der Waals surface area contributed by atoms with E-state index in [9.17, 15) is 9.59 Å². The summed E-state index contributed by atoms with van der Waals surface area (Å²) in [5.41, 5.74) is 1.87. The van der Waals surface area contributed by atoms with E-state index in [1.54, 1.807) is 18.9 Å². The maximum atomic E-state index is 12.8. The highest BCUT2D eigenvalue weighted by Gasteiger charge is 2.48. The number of nitrogens with one attached hydrogen (secondary N) is 1. The summed E-state index contributed by atoms with van der Waals surface area (Å²) in [7, 11) is 1.71. The fourth-order valence-electron chi connectivity index (χ4n) is 3.24. The lowest BCUT2D eigenvalue weighted by molar-refractivity contribution is -0.131. The second kappa shape index (κ2) is 6.81. The van der Waals surface area contributed by atoms with Crippen LogP contribution in [0.25, 0.3) is 0 Å². The Labute approximate surface area is 161 Å². The number of benzene rings is 2. The van der Waals surface area contributed by atoms with Crippen molar-refractivity contribution in [1.82, 2.24) is 5.32 Å². The molecule has 7 heteroatoms. The van der Waals surface area contributed by atoms with E-state index in [-0.39, 0.29) is 18.6 Å². The minimum absolute atomic E-state index is 0.216. The van der Waals surface area contributed by atoms with E-state index in [0.29, 0.717) is 13.0 Å². The summed E-state index contributed by atoms with van der Waals surface area (Å²) in [5, 5.41) is 2.91. The largest absolute Gasteiger partial charge is 0.454 e. The van der Waals surface area contributed by atoms with Crippen LogP contribution in [-0.4, -0.2) is 36.9 Å². The molecular weight excluding hydrogens is 364 g/mol. The van der Waals surface area contributed by atoms with Crippen LogP contribution in [0.3, 0.4) is 0 Å². The van der Waals surface area contributed by atoms with Crippen molar-refractivity contribution in [2.45, 2.75) is 23.0 Å². The molecule has 2 aromatic carbocycles. The third-order valence-corrected chi connectivity index (χ3v) is 6.16. The molecule has 2 aliphatic heterocycles. The molecule has 0 saturated carbocycles. The maximum Gasteiger partial charge on any atom is 0.252 e. The van der Waals surface area contributed by atoms with E-state index in [4.69, 9.17) is 9.47 Å². The number of hydrogen-bond acceptors (Lipinski definition) is 5. The molecular formula is C20H20N2O4S. The Hall–Kier alpha value is -2.67. The first-order chi connectivity index (χ1) is 13.0. The molecule has 1 atom stereocenters. The third kappa shape index (κ3) is 3.12. The number of thioether (sulfide) groups is 1. The minimum atomic E-state index is -1.18. The molecule has 2 amide bonds. The maximum absolute atomic E-state index is 12.8. The molecule has 27 heavy (non-hydrogen) atoms. The van der Waals surface area contributed by atoms with E-state index >= 15 is 0 Å². The summed E-state index contributed by atoms with van der Waals surface area (Å²) in [5.74, 6) is 0.967. The van der Waals surface area contributed by atoms with E-state index in [1.165, 1.54) is 11.8 Å². The predicted molar refractivity (Wildman–Crippen MR) is 103 cm³/mol. The average molecular weight is 384 g/mol. The van der Waals surface area contributed by atoms with Gasteiger partial charge in [0.05, 0.1) is 5.69 Å². The van der Waals surface area contributed by atoms with Crippen LogP contribution in [0.5, 0.6) is 11.5 Å². The summed E-state index contributed by atoms with van der Waals surface area (Å²) in [4.78, 5) is 28.1. The van der Waals surface area contributed by atoms with Gasteiger partial charge in [0.15, 0.2) is 16.2 Å². The summed E-state index contributed by atoms with van der Waals surface area (Å²) in [6.07, 6.45) is 0.643. The highest BCUT2D eigenvalue weighted by atomic mass is 32.2. The van der Waals surface area contributed by atoms with Crippen molar-refractivity contribution in [1.29, 1.82) is 0 Å². The van der Waals surface area contributed by atoms with Crippen molar-refractivity contribution in [2.24, 2.45) is 0 Å². The number of rotatable bonds is 4. The molecule has 4 rings (SSSR count). The Morgan fingerprint density at radius 2 is 2.00 bits per heavy atom. The zero-order valence-corrected chi connectivity index (χ0v) is 16.0. The molecule has 2 aromatic rings. The van der Waals surface area contributed by atoms with Crippen LogP contribution in [-0.2, 0) is 16.0 Å². The van der Waals surface area contributed by atoms with Gasteiger partial charge in [0.2, 0.25) is 12.7 Å². The van der Waals surface area contributed by atoms with E-state index < -0.39 is 4.75 Å². The Morgan fingerprint density at radius 1 is 1.22 bits per heavy atom. The molecule has 1 unspecified atom stereocenters. The van der Waals surface area contributed by atoms with Gasteiger partial charge in [0, 0.05) is 18.5 Å². The highest BCUT2D eigenvalue weighted by Crippen LogP contribution is 2.44. The summed E-state index contributed by atoms with van der Waals surface area (Å²) >= 11 is 1.30. The first-order valence-corrected chi connectivity index (χ1v) is 9.54. The molecule has 6 nitrogen and oxygen atoms in total. The SMILES string of the molecule is CN1C(=O)C(C)(C(=O)NCCc2ccc3c(c2)OCO3)Sc2ccccc21. The number of anilines is 1. The smallest absolute Gasteiger partial charge is 0.252 e. The number of hydrogen-bond donors (Lipinski definition) is 1. The van der Waals surface area contributed by atoms with Crippen molar-refractivity contribution in [2.75, 3.05) is 25.3 Å². The lowest BCUT2D eigenvalue weighted by Crippen LogP contribution is -2.55. The van der Waals surface area contributed by atoms with Crippen LogP contribution in [0.4, 0.5) is 5.69 Å². The zero-order chi connectivity index (χ0) is 19.0. The van der Waals surface area contributed by atoms with Gasteiger partial charge in [-0.15, -0.1) is 0 Å². The van der Waals surface area contributed by atoms with E-state index in [0.717, 1.165) is 27.6 Å². The fourth-order valence-corrected chi connectivity index (χ4v) is 4.53. The van der Waals surface area contributed by atoms with Crippen LogP contribution in [0.2, 0.25) is 0 Å². The highest BCUT2D eigenvalue weighted by molar-refractivity contribution is 8.02. The first-order valence-electron chi connectivity index (χ1n) is 8.72. The van der Waals surface area contributed by atoms with Crippen LogP contribution < -0.4 is 19.7 Å². The third-order valence-electron chi connectivity index (χ3n) is 4.82. The lowest BCUT2D eigenvalue weighted by atomic mass is 10.1. The average Bonchev–Trinajstić information content (AvgIpc) is 3.14. The van der Waals surface area contributed by atoms with E-state index in [2.05, 4.69) is 5.32 Å². The summed E-state index contributed by atoms with van der Waals surface area (Å²) in [6.45, 7) is 2.36. The number of carbonyl (C=O) groups is 2. The van der Waals surface area contributed by atoms with Crippen LogP contribution in [0.1, 0.15) is 12.5 Å². The summed E-state index contributed by atoms with van der Waals surface area (Å²) < 4.78 is 9.49.